The second kappa shape index (κ2) is 4.65. The zero-order chi connectivity index (χ0) is 12.2. The molecule has 7 heteroatoms. The number of ether oxygens (including phenoxy) is 1. The molecule has 0 aliphatic rings. The molecule has 4 nitrogen and oxygen atoms in total. The van der Waals surface area contributed by atoms with Gasteiger partial charge in [0.1, 0.15) is 5.75 Å². The van der Waals surface area contributed by atoms with Gasteiger partial charge in [-0.15, -0.1) is 0 Å². The number of para-hydroxylation sites is 1. The number of amides is 2. The first-order valence-electron chi connectivity index (χ1n) is 3.96. The highest BCUT2D eigenvalue weighted by atomic mass is 19.4. The number of halogens is 3. The van der Waals surface area contributed by atoms with Crippen molar-refractivity contribution in [3.63, 3.8) is 0 Å². The standard InChI is InChI=1S/C9H5F3NO3/c10-9(11,12)7(14)13-8(15)16-6-4-2-1-3-5-6/h1-4H,(H,13,14,15). The SMILES string of the molecule is O=C(NC(=O)C(F)(F)F)Oc1[c]cccc1. The first kappa shape index (κ1) is 12.0. The van der Waals surface area contributed by atoms with Crippen LogP contribution in [0.5, 0.6) is 5.75 Å². The van der Waals surface area contributed by atoms with Crippen LogP contribution in [0.25, 0.3) is 0 Å². The lowest BCUT2D eigenvalue weighted by Crippen LogP contribution is -2.41. The highest BCUT2D eigenvalue weighted by molar-refractivity contribution is 5.95. The smallest absolute Gasteiger partial charge is 0.409 e. The minimum absolute atomic E-state index is 0.0880. The molecule has 0 aromatic heterocycles. The van der Waals surface area contributed by atoms with Crippen molar-refractivity contribution < 1.29 is 27.5 Å². The number of rotatable bonds is 1. The molecule has 0 bridgehead atoms. The Labute approximate surface area is 88.0 Å². The van der Waals surface area contributed by atoms with Gasteiger partial charge < -0.3 is 4.74 Å². The normalized spacial score (nSPS) is 10.7. The third-order valence-electron chi connectivity index (χ3n) is 1.36. The monoisotopic (exact) mass is 232 g/mol. The number of carbonyl (C=O) groups is 2. The molecule has 16 heavy (non-hydrogen) atoms. The highest BCUT2D eigenvalue weighted by Crippen LogP contribution is 2.14. The predicted octanol–water partition coefficient (Wildman–Crippen LogP) is 1.66. The van der Waals surface area contributed by atoms with Crippen LogP contribution in [0.3, 0.4) is 0 Å². The minimum atomic E-state index is -5.13. The van der Waals surface area contributed by atoms with Gasteiger partial charge in [-0.2, -0.15) is 13.2 Å². The Morgan fingerprint density at radius 2 is 2.00 bits per heavy atom. The molecule has 0 fully saturated rings. The molecule has 85 valence electrons. The van der Waals surface area contributed by atoms with E-state index in [9.17, 15) is 22.8 Å². The van der Waals surface area contributed by atoms with Crippen LogP contribution >= 0.6 is 0 Å². The largest absolute Gasteiger partial charge is 0.471 e. The lowest BCUT2D eigenvalue weighted by atomic mass is 10.3. The zero-order valence-corrected chi connectivity index (χ0v) is 7.67. The minimum Gasteiger partial charge on any atom is -0.409 e. The van der Waals surface area contributed by atoms with Crippen molar-refractivity contribution in [2.24, 2.45) is 0 Å². The Balaban J connectivity index is 2.52. The predicted molar refractivity (Wildman–Crippen MR) is 45.5 cm³/mol. The molecule has 0 saturated carbocycles. The van der Waals surface area contributed by atoms with E-state index in [1.54, 1.807) is 6.07 Å². The van der Waals surface area contributed by atoms with Crippen molar-refractivity contribution >= 4 is 12.0 Å². The first-order chi connectivity index (χ1) is 7.39. The fraction of sp³-hybridized carbons (Fsp3) is 0.111. The van der Waals surface area contributed by atoms with Crippen molar-refractivity contribution in [1.29, 1.82) is 0 Å². The maximum absolute atomic E-state index is 11.7. The number of carbonyl (C=O) groups excluding carboxylic acids is 2. The second-order valence-corrected chi connectivity index (χ2v) is 2.57. The van der Waals surface area contributed by atoms with Gasteiger partial charge in [0.15, 0.2) is 0 Å². The molecule has 1 radical (unpaired) electrons. The van der Waals surface area contributed by atoms with Crippen LogP contribution in [0.2, 0.25) is 0 Å². The lowest BCUT2D eigenvalue weighted by molar-refractivity contribution is -0.172. The molecule has 0 heterocycles. The van der Waals surface area contributed by atoms with E-state index in [4.69, 9.17) is 0 Å². The van der Waals surface area contributed by atoms with Gasteiger partial charge in [-0.05, 0) is 6.07 Å². The summed E-state index contributed by atoms with van der Waals surface area (Å²) in [4.78, 5) is 21.1. The van der Waals surface area contributed by atoms with Crippen LogP contribution in [0.4, 0.5) is 18.0 Å². The maximum atomic E-state index is 11.7. The van der Waals surface area contributed by atoms with Gasteiger partial charge in [-0.1, -0.05) is 18.2 Å². The van der Waals surface area contributed by atoms with E-state index >= 15 is 0 Å². The zero-order valence-electron chi connectivity index (χ0n) is 7.67. The van der Waals surface area contributed by atoms with Crippen LogP contribution in [0, 0.1) is 6.07 Å². The number of hydrogen-bond acceptors (Lipinski definition) is 3. The summed E-state index contributed by atoms with van der Waals surface area (Å²) in [7, 11) is 0. The molecule has 0 spiro atoms. The molecule has 0 unspecified atom stereocenters. The number of nitrogens with one attached hydrogen (secondary N) is 1. The van der Waals surface area contributed by atoms with E-state index in [1.165, 1.54) is 18.2 Å². The van der Waals surface area contributed by atoms with E-state index in [1.807, 2.05) is 0 Å². The molecule has 1 rings (SSSR count). The summed E-state index contributed by atoms with van der Waals surface area (Å²) in [6.45, 7) is 0. The number of benzene rings is 1. The molecule has 0 aliphatic carbocycles. The fourth-order valence-electron chi connectivity index (χ4n) is 0.729. The molecule has 1 aromatic carbocycles. The molecule has 0 aliphatic heterocycles. The summed E-state index contributed by atoms with van der Waals surface area (Å²) in [5.41, 5.74) is 0. The van der Waals surface area contributed by atoms with Crippen LogP contribution in [0.1, 0.15) is 0 Å². The van der Waals surface area contributed by atoms with Gasteiger partial charge in [0.2, 0.25) is 0 Å². The van der Waals surface area contributed by atoms with Gasteiger partial charge >= 0.3 is 18.2 Å². The Morgan fingerprint density at radius 1 is 1.31 bits per heavy atom. The molecular weight excluding hydrogens is 227 g/mol. The van der Waals surface area contributed by atoms with Gasteiger partial charge in [0, 0.05) is 6.07 Å². The molecule has 0 saturated heterocycles. The van der Waals surface area contributed by atoms with E-state index in [2.05, 4.69) is 10.8 Å². The van der Waals surface area contributed by atoms with Crippen LogP contribution in [0.15, 0.2) is 24.3 Å². The van der Waals surface area contributed by atoms with E-state index in [-0.39, 0.29) is 5.75 Å². The highest BCUT2D eigenvalue weighted by Gasteiger charge is 2.40. The van der Waals surface area contributed by atoms with Crippen molar-refractivity contribution in [2.45, 2.75) is 6.18 Å². The first-order valence-corrected chi connectivity index (χ1v) is 3.96. The van der Waals surface area contributed by atoms with E-state index in [0.717, 1.165) is 5.32 Å². The van der Waals surface area contributed by atoms with E-state index < -0.39 is 18.2 Å². The quantitative estimate of drug-likeness (QED) is 0.801. The third kappa shape index (κ3) is 3.60. The number of hydrogen-bond donors (Lipinski definition) is 1. The summed E-state index contributed by atoms with van der Waals surface area (Å²) in [6, 6.07) is 8.20. The molecule has 1 aromatic rings. The van der Waals surface area contributed by atoms with Gasteiger partial charge in [-0.3, -0.25) is 10.1 Å². The molecule has 2 amide bonds. The average molecular weight is 232 g/mol. The number of alkyl halides is 3. The Kier molecular flexibility index (Phi) is 3.49. The number of imide groups is 1. The van der Waals surface area contributed by atoms with Crippen molar-refractivity contribution in [2.75, 3.05) is 0 Å². The third-order valence-corrected chi connectivity index (χ3v) is 1.36. The Hall–Kier alpha value is -2.05. The average Bonchev–Trinajstić information content (AvgIpc) is 2.17. The Morgan fingerprint density at radius 3 is 2.50 bits per heavy atom. The van der Waals surface area contributed by atoms with Crippen LogP contribution in [-0.2, 0) is 4.79 Å². The summed E-state index contributed by atoms with van der Waals surface area (Å²) < 4.78 is 39.5. The van der Waals surface area contributed by atoms with Crippen molar-refractivity contribution in [3.8, 4) is 5.75 Å². The maximum Gasteiger partial charge on any atom is 0.471 e. The Bertz CT molecular complexity index is 389. The molecule has 1 N–H and O–H groups in total. The van der Waals surface area contributed by atoms with Gasteiger partial charge in [0.05, 0.1) is 0 Å². The molecule has 0 atom stereocenters. The van der Waals surface area contributed by atoms with Crippen molar-refractivity contribution in [3.05, 3.63) is 30.3 Å². The van der Waals surface area contributed by atoms with Crippen LogP contribution in [-0.4, -0.2) is 18.2 Å². The van der Waals surface area contributed by atoms with Gasteiger partial charge in [0.25, 0.3) is 0 Å². The molecular formula is C9H5F3NO3. The summed E-state index contributed by atoms with van der Waals surface area (Å²) in [5.74, 6) is -2.47. The second-order valence-electron chi connectivity index (χ2n) is 2.57. The fourth-order valence-corrected chi connectivity index (χ4v) is 0.729. The summed E-state index contributed by atoms with van der Waals surface area (Å²) in [5, 5.41) is 1.02. The summed E-state index contributed by atoms with van der Waals surface area (Å²) in [6.07, 6.45) is -6.64. The summed E-state index contributed by atoms with van der Waals surface area (Å²) >= 11 is 0. The lowest BCUT2D eigenvalue weighted by Gasteiger charge is -2.06. The van der Waals surface area contributed by atoms with E-state index in [0.29, 0.717) is 0 Å². The topological polar surface area (TPSA) is 55.4 Å². The van der Waals surface area contributed by atoms with Crippen molar-refractivity contribution in [1.82, 2.24) is 5.32 Å². The van der Waals surface area contributed by atoms with Crippen LogP contribution < -0.4 is 10.1 Å². The van der Waals surface area contributed by atoms with Gasteiger partial charge in [-0.25, -0.2) is 4.79 Å².